The van der Waals surface area contributed by atoms with Crippen molar-refractivity contribution >= 4 is 61.4 Å². The van der Waals surface area contributed by atoms with Crippen LogP contribution in [0.1, 0.15) is 11.4 Å². The fraction of sp³-hybridized carbons (Fsp3) is 0.154. The molecule has 0 spiro atoms. The second-order valence-electron chi connectivity index (χ2n) is 8.62. The molecule has 0 unspecified atom stereocenters. The number of nitrogens with zero attached hydrogens (tertiary/aromatic N) is 6. The Morgan fingerprint density at radius 2 is 1.74 bits per heavy atom. The van der Waals surface area contributed by atoms with E-state index < -0.39 is 10.0 Å². The number of sulfonamides is 1. The van der Waals surface area contributed by atoms with E-state index in [1.807, 2.05) is 28.8 Å². The van der Waals surface area contributed by atoms with E-state index in [-0.39, 0.29) is 22.5 Å². The minimum atomic E-state index is -3.90. The SMILES string of the molecule is C=CCn1c2ccccc2c2nnc(SCC(=O)Nc3ccc(S(=O)(=O)Nc4nc(C)cc(C)n4)cc3)nc21. The minimum Gasteiger partial charge on any atom is -0.325 e. The highest BCUT2D eigenvalue weighted by Gasteiger charge is 2.17. The van der Waals surface area contributed by atoms with Gasteiger partial charge in [0.25, 0.3) is 10.0 Å². The highest BCUT2D eigenvalue weighted by Crippen LogP contribution is 2.27. The molecule has 2 aromatic carbocycles. The molecule has 39 heavy (non-hydrogen) atoms. The van der Waals surface area contributed by atoms with Gasteiger partial charge in [-0.2, -0.15) is 0 Å². The van der Waals surface area contributed by atoms with Gasteiger partial charge in [-0.1, -0.05) is 36.0 Å². The second kappa shape index (κ2) is 10.8. The fourth-order valence-corrected chi connectivity index (χ4v) is 5.59. The molecule has 0 radical (unpaired) electrons. The maximum atomic E-state index is 12.7. The van der Waals surface area contributed by atoms with Gasteiger partial charge in [-0.15, -0.1) is 16.8 Å². The van der Waals surface area contributed by atoms with Crippen molar-refractivity contribution in [1.29, 1.82) is 0 Å². The first-order valence-electron chi connectivity index (χ1n) is 11.8. The molecule has 2 N–H and O–H groups in total. The number of anilines is 2. The molecule has 3 heterocycles. The summed E-state index contributed by atoms with van der Waals surface area (Å²) in [4.78, 5) is 25.4. The fourth-order valence-electron chi connectivity index (χ4n) is 4.06. The van der Waals surface area contributed by atoms with Gasteiger partial charge in [0.05, 0.1) is 16.2 Å². The Balaban J connectivity index is 1.24. The van der Waals surface area contributed by atoms with Crippen LogP contribution in [-0.2, 0) is 21.4 Å². The number of thioether (sulfide) groups is 1. The monoisotopic (exact) mass is 560 g/mol. The van der Waals surface area contributed by atoms with Crippen molar-refractivity contribution in [2.24, 2.45) is 0 Å². The number of allylic oxidation sites excluding steroid dienone is 1. The smallest absolute Gasteiger partial charge is 0.264 e. The van der Waals surface area contributed by atoms with Crippen LogP contribution < -0.4 is 10.0 Å². The van der Waals surface area contributed by atoms with E-state index in [1.54, 1.807) is 26.0 Å². The standard InChI is InChI=1S/C26H24N8O3S2/c1-4-13-34-21-8-6-5-7-20(21)23-24(34)30-26(32-31-23)38-15-22(35)29-18-9-11-19(12-10-18)39(36,37)33-25-27-16(2)14-17(3)28-25/h4-12,14H,1,13,15H2,2-3H3,(H,29,35)(H,27,28,33). The number of amides is 1. The third-order valence-electron chi connectivity index (χ3n) is 5.65. The first-order chi connectivity index (χ1) is 18.7. The van der Waals surface area contributed by atoms with Crippen molar-refractivity contribution in [1.82, 2.24) is 29.7 Å². The molecule has 0 fully saturated rings. The van der Waals surface area contributed by atoms with E-state index >= 15 is 0 Å². The molecule has 1 amide bonds. The minimum absolute atomic E-state index is 0.00154. The van der Waals surface area contributed by atoms with E-state index in [2.05, 4.69) is 41.8 Å². The number of para-hydroxylation sites is 1. The van der Waals surface area contributed by atoms with Gasteiger partial charge in [-0.3, -0.25) is 4.79 Å². The molecule has 198 valence electrons. The lowest BCUT2D eigenvalue weighted by atomic mass is 10.2. The number of hydrogen-bond acceptors (Lipinski definition) is 9. The Morgan fingerprint density at radius 1 is 1.03 bits per heavy atom. The second-order valence-corrected chi connectivity index (χ2v) is 11.2. The Labute approximate surface area is 228 Å². The van der Waals surface area contributed by atoms with Crippen molar-refractivity contribution in [3.05, 3.63) is 78.6 Å². The van der Waals surface area contributed by atoms with Gasteiger partial charge in [0, 0.05) is 29.0 Å². The van der Waals surface area contributed by atoms with Crippen LogP contribution in [0.2, 0.25) is 0 Å². The van der Waals surface area contributed by atoms with Gasteiger partial charge in [0.1, 0.15) is 5.52 Å². The molecule has 3 aromatic heterocycles. The van der Waals surface area contributed by atoms with Crippen LogP contribution in [0, 0.1) is 13.8 Å². The lowest BCUT2D eigenvalue weighted by Crippen LogP contribution is -2.16. The van der Waals surface area contributed by atoms with Gasteiger partial charge in [-0.25, -0.2) is 28.1 Å². The number of benzene rings is 2. The number of fused-ring (bicyclic) bond motifs is 3. The molecular formula is C26H24N8O3S2. The van der Waals surface area contributed by atoms with Crippen LogP contribution in [0.15, 0.2) is 77.3 Å². The number of carbonyl (C=O) groups excluding carboxylic acids is 1. The summed E-state index contributed by atoms with van der Waals surface area (Å²) in [6, 6.07) is 15.4. The van der Waals surface area contributed by atoms with Crippen LogP contribution in [0.3, 0.4) is 0 Å². The molecule has 11 nitrogen and oxygen atoms in total. The Kier molecular flexibility index (Phi) is 7.26. The average molecular weight is 561 g/mol. The zero-order valence-electron chi connectivity index (χ0n) is 21.1. The van der Waals surface area contributed by atoms with E-state index in [0.29, 0.717) is 39.9 Å². The molecule has 13 heteroatoms. The number of nitrogens with one attached hydrogen (secondary N) is 2. The molecular weight excluding hydrogens is 536 g/mol. The summed E-state index contributed by atoms with van der Waals surface area (Å²) >= 11 is 1.15. The number of aryl methyl sites for hydroxylation is 2. The number of carbonyl (C=O) groups is 1. The summed E-state index contributed by atoms with van der Waals surface area (Å²) < 4.78 is 29.8. The first kappa shape index (κ1) is 26.3. The normalized spacial score (nSPS) is 11.5. The molecule has 0 aliphatic rings. The van der Waals surface area contributed by atoms with E-state index in [4.69, 9.17) is 0 Å². The van der Waals surface area contributed by atoms with E-state index in [0.717, 1.165) is 22.7 Å². The van der Waals surface area contributed by atoms with Crippen LogP contribution in [-0.4, -0.2) is 49.8 Å². The third kappa shape index (κ3) is 5.73. The summed E-state index contributed by atoms with van der Waals surface area (Å²) in [5.41, 5.74) is 4.09. The number of rotatable bonds is 9. The van der Waals surface area contributed by atoms with Gasteiger partial charge in [0.15, 0.2) is 5.65 Å². The average Bonchev–Trinajstić information content (AvgIpc) is 3.20. The van der Waals surface area contributed by atoms with Gasteiger partial charge >= 0.3 is 0 Å². The zero-order valence-corrected chi connectivity index (χ0v) is 22.8. The van der Waals surface area contributed by atoms with Crippen molar-refractivity contribution in [3.8, 4) is 0 Å². The van der Waals surface area contributed by atoms with Crippen molar-refractivity contribution < 1.29 is 13.2 Å². The number of hydrogen-bond donors (Lipinski definition) is 2. The molecule has 0 aliphatic heterocycles. The topological polar surface area (TPSA) is 145 Å². The predicted molar refractivity (Wildman–Crippen MR) is 151 cm³/mol. The molecule has 0 saturated heterocycles. The number of aromatic nitrogens is 6. The van der Waals surface area contributed by atoms with Crippen molar-refractivity contribution in [2.75, 3.05) is 15.8 Å². The highest BCUT2D eigenvalue weighted by molar-refractivity contribution is 7.99. The maximum absolute atomic E-state index is 12.7. The molecule has 0 saturated carbocycles. The molecule has 5 aromatic rings. The quantitative estimate of drug-likeness (QED) is 0.201. The van der Waals surface area contributed by atoms with Gasteiger partial charge < -0.3 is 9.88 Å². The molecule has 5 rings (SSSR count). The third-order valence-corrected chi connectivity index (χ3v) is 7.84. The molecule has 0 atom stereocenters. The Bertz CT molecular complexity index is 1800. The Morgan fingerprint density at radius 3 is 2.46 bits per heavy atom. The summed E-state index contributed by atoms with van der Waals surface area (Å²) in [5, 5.41) is 12.6. The van der Waals surface area contributed by atoms with Crippen LogP contribution in [0.4, 0.5) is 11.6 Å². The summed E-state index contributed by atoms with van der Waals surface area (Å²) in [6.07, 6.45) is 1.79. The highest BCUT2D eigenvalue weighted by atomic mass is 32.2. The van der Waals surface area contributed by atoms with Crippen LogP contribution in [0.25, 0.3) is 22.1 Å². The molecule has 0 bridgehead atoms. The maximum Gasteiger partial charge on any atom is 0.264 e. The van der Waals surface area contributed by atoms with Gasteiger partial charge in [-0.05, 0) is 50.2 Å². The summed E-state index contributed by atoms with van der Waals surface area (Å²) in [6.45, 7) is 7.90. The van der Waals surface area contributed by atoms with Crippen molar-refractivity contribution in [3.63, 3.8) is 0 Å². The van der Waals surface area contributed by atoms with E-state index in [1.165, 1.54) is 24.3 Å². The van der Waals surface area contributed by atoms with Crippen LogP contribution >= 0.6 is 11.8 Å². The summed E-state index contributed by atoms with van der Waals surface area (Å²) in [5.74, 6) is -0.255. The first-order valence-corrected chi connectivity index (χ1v) is 14.3. The Hall–Kier alpha value is -4.36. The molecule has 0 aliphatic carbocycles. The summed E-state index contributed by atoms with van der Waals surface area (Å²) in [7, 11) is -3.90. The lowest BCUT2D eigenvalue weighted by molar-refractivity contribution is -0.113. The zero-order chi connectivity index (χ0) is 27.6. The predicted octanol–water partition coefficient (Wildman–Crippen LogP) is 4.10. The van der Waals surface area contributed by atoms with Gasteiger partial charge in [0.2, 0.25) is 17.0 Å². The van der Waals surface area contributed by atoms with Crippen LogP contribution in [0.5, 0.6) is 0 Å². The lowest BCUT2D eigenvalue weighted by Gasteiger charge is -2.09. The largest absolute Gasteiger partial charge is 0.325 e. The van der Waals surface area contributed by atoms with E-state index in [9.17, 15) is 13.2 Å². The van der Waals surface area contributed by atoms with Crippen molar-refractivity contribution in [2.45, 2.75) is 30.4 Å².